The van der Waals surface area contributed by atoms with Crippen molar-refractivity contribution in [1.82, 2.24) is 10.2 Å². The van der Waals surface area contributed by atoms with E-state index in [1.807, 2.05) is 26.8 Å². The number of hydrogen-bond donors (Lipinski definition) is 1. The molecule has 1 N–H and O–H groups in total. The fraction of sp³-hybridized carbons (Fsp3) is 0.550. The van der Waals surface area contributed by atoms with Gasteiger partial charge in [0, 0.05) is 12.0 Å². The van der Waals surface area contributed by atoms with E-state index in [2.05, 4.69) is 10.2 Å². The molecular weight excluding hydrogens is 405 g/mol. The quantitative estimate of drug-likeness (QED) is 0.759. The summed E-state index contributed by atoms with van der Waals surface area (Å²) in [6.45, 7) is 7.78. The van der Waals surface area contributed by atoms with Crippen molar-refractivity contribution >= 4 is 9.84 Å². The fourth-order valence-electron chi connectivity index (χ4n) is 3.42. The molecule has 0 saturated carbocycles. The van der Waals surface area contributed by atoms with Crippen molar-refractivity contribution in [1.29, 1.82) is 0 Å². The van der Waals surface area contributed by atoms with Crippen LogP contribution in [0.15, 0.2) is 35.2 Å². The minimum absolute atomic E-state index is 0.122. The van der Waals surface area contributed by atoms with E-state index in [-0.39, 0.29) is 29.8 Å². The Labute approximate surface area is 168 Å². The van der Waals surface area contributed by atoms with E-state index >= 15 is 0 Å². The van der Waals surface area contributed by atoms with Crippen LogP contribution in [-0.4, -0.2) is 30.0 Å². The second-order valence-corrected chi connectivity index (χ2v) is 11.2. The zero-order chi connectivity index (χ0) is 21.7. The molecule has 0 spiro atoms. The molecule has 1 fully saturated rings. The van der Waals surface area contributed by atoms with Gasteiger partial charge in [-0.15, -0.1) is 0 Å². The molecule has 1 aliphatic rings. The summed E-state index contributed by atoms with van der Waals surface area (Å²) in [5.41, 5.74) is 0.329. The molecule has 0 bridgehead atoms. The molecule has 1 aromatic carbocycles. The van der Waals surface area contributed by atoms with Gasteiger partial charge in [-0.2, -0.15) is 18.3 Å². The van der Waals surface area contributed by atoms with Gasteiger partial charge in [0.15, 0.2) is 9.84 Å². The summed E-state index contributed by atoms with van der Waals surface area (Å²) in [5, 5.41) is 7.21. The molecular formula is C20H25F3N2O3S. The molecule has 0 aliphatic carbocycles. The molecule has 1 saturated heterocycles. The number of H-pyrrole nitrogens is 1. The molecule has 9 heteroatoms. The first-order chi connectivity index (χ1) is 13.2. The van der Waals surface area contributed by atoms with E-state index in [9.17, 15) is 21.6 Å². The molecule has 29 heavy (non-hydrogen) atoms. The maximum absolute atomic E-state index is 13.3. The number of alkyl halides is 3. The molecule has 2 unspecified atom stereocenters. The number of sulfone groups is 1. The highest BCUT2D eigenvalue weighted by molar-refractivity contribution is 7.92. The molecule has 1 aliphatic heterocycles. The number of nitrogens with one attached hydrogen (secondary N) is 1. The van der Waals surface area contributed by atoms with Crippen LogP contribution in [-0.2, 0) is 26.2 Å². The number of benzene rings is 1. The highest BCUT2D eigenvalue weighted by Gasteiger charge is 2.46. The van der Waals surface area contributed by atoms with Gasteiger partial charge >= 0.3 is 6.18 Å². The second-order valence-electron chi connectivity index (χ2n) is 8.75. The molecule has 0 amide bonds. The van der Waals surface area contributed by atoms with Crippen molar-refractivity contribution in [2.75, 3.05) is 6.61 Å². The normalized spacial score (nSPS) is 23.9. The Hall–Kier alpha value is -1.87. The van der Waals surface area contributed by atoms with Crippen molar-refractivity contribution in [2.45, 2.75) is 67.9 Å². The van der Waals surface area contributed by atoms with Gasteiger partial charge in [-0.25, -0.2) is 8.42 Å². The number of halogens is 3. The highest BCUT2D eigenvalue weighted by atomic mass is 32.2. The lowest BCUT2D eigenvalue weighted by Crippen LogP contribution is -2.42. The first kappa shape index (κ1) is 21.8. The molecule has 3 rings (SSSR count). The Morgan fingerprint density at radius 2 is 1.90 bits per heavy atom. The summed E-state index contributed by atoms with van der Waals surface area (Å²) in [4.78, 5) is -0.324. The first-order valence-corrected chi connectivity index (χ1v) is 10.8. The zero-order valence-corrected chi connectivity index (χ0v) is 17.6. The number of aromatic amines is 1. The van der Waals surface area contributed by atoms with Gasteiger partial charge in [-0.1, -0.05) is 26.8 Å². The molecule has 2 heterocycles. The molecule has 1 aromatic heterocycles. The van der Waals surface area contributed by atoms with Crippen LogP contribution in [0.4, 0.5) is 13.2 Å². The summed E-state index contributed by atoms with van der Waals surface area (Å²) in [6.07, 6.45) is -4.82. The lowest BCUT2D eigenvalue weighted by atomic mass is 9.90. The van der Waals surface area contributed by atoms with E-state index < -0.39 is 32.4 Å². The van der Waals surface area contributed by atoms with Crippen LogP contribution in [0, 0.1) is 0 Å². The monoisotopic (exact) mass is 430 g/mol. The Balaban J connectivity index is 1.92. The van der Waals surface area contributed by atoms with E-state index in [4.69, 9.17) is 4.74 Å². The van der Waals surface area contributed by atoms with Crippen LogP contribution in [0.1, 0.15) is 63.6 Å². The average molecular weight is 430 g/mol. The van der Waals surface area contributed by atoms with Crippen LogP contribution in [0.2, 0.25) is 0 Å². The number of hydrogen-bond acceptors (Lipinski definition) is 4. The molecule has 160 valence electrons. The number of aromatic nitrogens is 2. The Morgan fingerprint density at radius 1 is 1.21 bits per heavy atom. The van der Waals surface area contributed by atoms with Crippen LogP contribution in [0.3, 0.4) is 0 Å². The van der Waals surface area contributed by atoms with Gasteiger partial charge in [0.1, 0.15) is 6.10 Å². The third-order valence-corrected chi connectivity index (χ3v) is 7.94. The lowest BCUT2D eigenvalue weighted by Gasteiger charge is -2.37. The standard InChI is InChI=1S/C20H25F3N2O3S/c1-18(2,3)17-11-15(24-25-17)16-12-19(4,8-9-28-16)29(26,27)14-7-5-6-13(10-14)20(21,22)23/h5-7,10-11,16H,8-9,12H2,1-4H3,(H,24,25). The molecule has 2 atom stereocenters. The summed E-state index contributed by atoms with van der Waals surface area (Å²) in [7, 11) is -4.02. The smallest absolute Gasteiger partial charge is 0.372 e. The van der Waals surface area contributed by atoms with Gasteiger partial charge in [-0.3, -0.25) is 5.10 Å². The lowest BCUT2D eigenvalue weighted by molar-refractivity contribution is -0.137. The minimum Gasteiger partial charge on any atom is -0.372 e. The van der Waals surface area contributed by atoms with E-state index in [1.54, 1.807) is 6.92 Å². The Bertz CT molecular complexity index is 993. The van der Waals surface area contributed by atoms with E-state index in [0.29, 0.717) is 11.8 Å². The van der Waals surface area contributed by atoms with Crippen LogP contribution >= 0.6 is 0 Å². The molecule has 5 nitrogen and oxygen atoms in total. The predicted molar refractivity (Wildman–Crippen MR) is 102 cm³/mol. The summed E-state index contributed by atoms with van der Waals surface area (Å²) < 4.78 is 70.2. The van der Waals surface area contributed by atoms with Crippen molar-refractivity contribution in [3.8, 4) is 0 Å². The van der Waals surface area contributed by atoms with Crippen molar-refractivity contribution in [3.63, 3.8) is 0 Å². The maximum Gasteiger partial charge on any atom is 0.416 e. The Kier molecular flexibility index (Phi) is 5.36. The largest absolute Gasteiger partial charge is 0.416 e. The predicted octanol–water partition coefficient (Wildman–Crippen LogP) is 4.81. The van der Waals surface area contributed by atoms with Gasteiger partial charge in [0.25, 0.3) is 0 Å². The third-order valence-electron chi connectivity index (χ3n) is 5.40. The third kappa shape index (κ3) is 4.21. The average Bonchev–Trinajstić information content (AvgIpc) is 3.12. The van der Waals surface area contributed by atoms with Crippen molar-refractivity contribution in [2.24, 2.45) is 0 Å². The molecule has 2 aromatic rings. The van der Waals surface area contributed by atoms with Crippen molar-refractivity contribution in [3.05, 3.63) is 47.3 Å². The minimum atomic E-state index is -4.61. The van der Waals surface area contributed by atoms with Gasteiger partial charge < -0.3 is 4.74 Å². The van der Waals surface area contributed by atoms with Gasteiger partial charge in [-0.05, 0) is 44.0 Å². The topological polar surface area (TPSA) is 72.1 Å². The van der Waals surface area contributed by atoms with Gasteiger partial charge in [0.05, 0.1) is 26.6 Å². The zero-order valence-electron chi connectivity index (χ0n) is 16.8. The fourth-order valence-corrected chi connectivity index (χ4v) is 5.26. The first-order valence-electron chi connectivity index (χ1n) is 9.33. The van der Waals surface area contributed by atoms with Crippen LogP contribution in [0.25, 0.3) is 0 Å². The maximum atomic E-state index is 13.3. The van der Waals surface area contributed by atoms with Crippen molar-refractivity contribution < 1.29 is 26.3 Å². The molecule has 0 radical (unpaired) electrons. The highest BCUT2D eigenvalue weighted by Crippen LogP contribution is 2.42. The summed E-state index contributed by atoms with van der Waals surface area (Å²) in [6, 6.07) is 5.77. The van der Waals surface area contributed by atoms with Gasteiger partial charge in [0.2, 0.25) is 0 Å². The SMILES string of the molecule is CC(C)(C)c1cc(C2CC(C)(S(=O)(=O)c3cccc(C(F)(F)F)c3)CCO2)[nH]n1. The number of ether oxygens (including phenoxy) is 1. The summed E-state index contributed by atoms with van der Waals surface area (Å²) in [5.74, 6) is 0. The van der Waals surface area contributed by atoms with E-state index in [1.165, 1.54) is 6.07 Å². The number of nitrogens with zero attached hydrogens (tertiary/aromatic N) is 1. The number of rotatable bonds is 3. The Morgan fingerprint density at radius 3 is 2.48 bits per heavy atom. The summed E-state index contributed by atoms with van der Waals surface area (Å²) >= 11 is 0. The van der Waals surface area contributed by atoms with Crippen LogP contribution < -0.4 is 0 Å². The van der Waals surface area contributed by atoms with E-state index in [0.717, 1.165) is 17.8 Å². The second kappa shape index (κ2) is 7.12. The van der Waals surface area contributed by atoms with Crippen LogP contribution in [0.5, 0.6) is 0 Å².